The third kappa shape index (κ3) is 4.72. The fourth-order valence-electron chi connectivity index (χ4n) is 4.15. The number of pyridine rings is 1. The molecule has 0 saturated heterocycles. The van der Waals surface area contributed by atoms with Gasteiger partial charge in [0.1, 0.15) is 16.7 Å². The van der Waals surface area contributed by atoms with Crippen LogP contribution in [0.25, 0.3) is 27.5 Å². The van der Waals surface area contributed by atoms with Gasteiger partial charge in [0, 0.05) is 30.9 Å². The number of aromatic nitrogens is 5. The minimum Gasteiger partial charge on any atom is -0.444 e. The molecule has 0 unspecified atom stereocenters. The predicted octanol–water partition coefficient (Wildman–Crippen LogP) is 4.60. The summed E-state index contributed by atoms with van der Waals surface area (Å²) < 4.78 is 7.10. The maximum atomic E-state index is 12.0. The number of hydrogen-bond acceptors (Lipinski definition) is 9. The second-order valence-corrected chi connectivity index (χ2v) is 10.7. The van der Waals surface area contributed by atoms with E-state index in [1.54, 1.807) is 34.3 Å². The third-order valence-electron chi connectivity index (χ3n) is 5.94. The maximum absolute atomic E-state index is 12.0. The normalized spacial score (nSPS) is 17.3. The van der Waals surface area contributed by atoms with Crippen LogP contribution in [0.4, 0.5) is 10.5 Å². The number of nitrogens with zero attached hydrogens (tertiary/aromatic N) is 6. The van der Waals surface area contributed by atoms with E-state index in [9.17, 15) is 4.79 Å². The second-order valence-electron chi connectivity index (χ2n) is 9.73. The van der Waals surface area contributed by atoms with Gasteiger partial charge in [0.25, 0.3) is 0 Å². The van der Waals surface area contributed by atoms with Crippen molar-refractivity contribution in [3.8, 4) is 28.0 Å². The molecule has 36 heavy (non-hydrogen) atoms. The van der Waals surface area contributed by atoms with Gasteiger partial charge in [-0.2, -0.15) is 10.4 Å². The molecule has 1 saturated carbocycles. The third-order valence-corrected chi connectivity index (χ3v) is 7.06. The molecule has 4 aromatic heterocycles. The lowest BCUT2D eigenvalue weighted by molar-refractivity contribution is 0.0471. The molecule has 184 valence electrons. The first-order valence-corrected chi connectivity index (χ1v) is 12.4. The van der Waals surface area contributed by atoms with Crippen molar-refractivity contribution in [3.05, 3.63) is 47.2 Å². The highest BCUT2D eigenvalue weighted by Crippen LogP contribution is 2.41. The molecule has 0 aliphatic heterocycles. The molecule has 1 aliphatic rings. The molecule has 5 rings (SSSR count). The smallest absolute Gasteiger partial charge is 0.407 e. The van der Waals surface area contributed by atoms with E-state index in [1.807, 2.05) is 46.0 Å². The number of nitrogens with one attached hydrogen (secondary N) is 2. The molecule has 1 fully saturated rings. The highest BCUT2D eigenvalue weighted by atomic mass is 32.1. The molecule has 1 aliphatic carbocycles. The Labute approximate surface area is 212 Å². The van der Waals surface area contributed by atoms with Gasteiger partial charge >= 0.3 is 6.09 Å². The van der Waals surface area contributed by atoms with Crippen LogP contribution in [-0.4, -0.2) is 49.6 Å². The van der Waals surface area contributed by atoms with Crippen LogP contribution in [0.2, 0.25) is 0 Å². The quantitative estimate of drug-likeness (QED) is 0.405. The number of carbonyl (C=O) groups is 1. The molecule has 4 aromatic rings. The fourth-order valence-corrected chi connectivity index (χ4v) is 5.14. The largest absolute Gasteiger partial charge is 0.444 e. The summed E-state index contributed by atoms with van der Waals surface area (Å²) in [6.45, 7) is 5.55. The summed E-state index contributed by atoms with van der Waals surface area (Å²) in [4.78, 5) is 16.7. The van der Waals surface area contributed by atoms with Gasteiger partial charge < -0.3 is 15.4 Å². The van der Waals surface area contributed by atoms with Crippen LogP contribution in [0.5, 0.6) is 0 Å². The van der Waals surface area contributed by atoms with Crippen molar-refractivity contribution in [2.45, 2.75) is 51.2 Å². The number of fused-ring (bicyclic) bond motifs is 1. The number of amides is 1. The molecule has 2 N–H and O–H groups in total. The Balaban J connectivity index is 1.31. The number of rotatable bonds is 5. The van der Waals surface area contributed by atoms with Gasteiger partial charge in [0.05, 0.1) is 34.2 Å². The summed E-state index contributed by atoms with van der Waals surface area (Å²) in [6, 6.07) is 9.80. The van der Waals surface area contributed by atoms with Gasteiger partial charge in [-0.15, -0.1) is 10.2 Å². The first-order chi connectivity index (χ1) is 17.2. The number of carbonyl (C=O) groups excluding carboxylic acids is 1. The van der Waals surface area contributed by atoms with Crippen LogP contribution >= 0.6 is 11.3 Å². The highest BCUT2D eigenvalue weighted by molar-refractivity contribution is 7.14. The molecule has 0 spiro atoms. The van der Waals surface area contributed by atoms with Gasteiger partial charge in [-0.05, 0) is 57.9 Å². The summed E-state index contributed by atoms with van der Waals surface area (Å²) in [6.07, 6.45) is 4.57. The van der Waals surface area contributed by atoms with Crippen molar-refractivity contribution in [1.82, 2.24) is 30.1 Å². The van der Waals surface area contributed by atoms with E-state index in [0.29, 0.717) is 5.56 Å². The molecule has 0 aromatic carbocycles. The molecule has 4 heterocycles. The summed E-state index contributed by atoms with van der Waals surface area (Å²) in [5.41, 5.74) is 4.15. The minimum atomic E-state index is -0.512. The zero-order valence-corrected chi connectivity index (χ0v) is 21.3. The Morgan fingerprint density at radius 3 is 2.75 bits per heavy atom. The molecule has 11 heteroatoms. The molecule has 0 bridgehead atoms. The molecular formula is C25H26N8O2S. The monoisotopic (exact) mass is 502 g/mol. The lowest BCUT2D eigenvalue weighted by Gasteiger charge is -2.34. The average Bonchev–Trinajstić information content (AvgIpc) is 3.46. The van der Waals surface area contributed by atoms with Gasteiger partial charge in [-0.25, -0.2) is 9.31 Å². The van der Waals surface area contributed by atoms with E-state index < -0.39 is 5.60 Å². The first-order valence-electron chi connectivity index (χ1n) is 11.6. The average molecular weight is 503 g/mol. The second kappa shape index (κ2) is 9.20. The number of anilines is 1. The number of ether oxygens (including phenoxy) is 1. The number of nitriles is 1. The summed E-state index contributed by atoms with van der Waals surface area (Å²) >= 11 is 1.55. The Morgan fingerprint density at radius 2 is 2.03 bits per heavy atom. The van der Waals surface area contributed by atoms with Crippen molar-refractivity contribution in [2.24, 2.45) is 0 Å². The predicted molar refractivity (Wildman–Crippen MR) is 137 cm³/mol. The molecular weight excluding hydrogens is 476 g/mol. The van der Waals surface area contributed by atoms with E-state index in [-0.39, 0.29) is 18.1 Å². The molecule has 1 amide bonds. The first kappa shape index (κ1) is 23.7. The zero-order chi connectivity index (χ0) is 25.4. The van der Waals surface area contributed by atoms with Gasteiger partial charge in [0.2, 0.25) is 0 Å². The number of alkyl carbamates (subject to hydrolysis) is 1. The van der Waals surface area contributed by atoms with Crippen LogP contribution < -0.4 is 10.6 Å². The number of hydrogen-bond donors (Lipinski definition) is 2. The van der Waals surface area contributed by atoms with Gasteiger partial charge in [-0.1, -0.05) is 11.3 Å². The Morgan fingerprint density at radius 1 is 1.22 bits per heavy atom. The fraction of sp³-hybridized carbons (Fsp3) is 0.360. The lowest BCUT2D eigenvalue weighted by atomic mass is 9.81. The van der Waals surface area contributed by atoms with Crippen molar-refractivity contribution >= 4 is 28.6 Å². The van der Waals surface area contributed by atoms with E-state index in [2.05, 4.69) is 37.0 Å². The van der Waals surface area contributed by atoms with E-state index in [4.69, 9.17) is 10.00 Å². The van der Waals surface area contributed by atoms with Crippen molar-refractivity contribution in [2.75, 3.05) is 12.4 Å². The minimum absolute atomic E-state index is 0.0840. The van der Waals surface area contributed by atoms with Crippen LogP contribution in [0.3, 0.4) is 0 Å². The van der Waals surface area contributed by atoms with Crippen molar-refractivity contribution < 1.29 is 9.53 Å². The van der Waals surface area contributed by atoms with E-state index in [1.165, 1.54) is 0 Å². The standard InChI is InChI=1S/C25H26N8O2S/c1-25(2,3)35-24(34)30-16-8-15(9-16)22-31-32-23(36-22)18-13-28-20(10-19(18)27-4)21-6-5-17-7-14(11-26)12-29-33(17)21/h5-7,10,12-13,15-16H,8-9H2,1-4H3,(H,27,28)(H,30,34)/t15-,16-. The van der Waals surface area contributed by atoms with Crippen molar-refractivity contribution in [3.63, 3.8) is 0 Å². The maximum Gasteiger partial charge on any atom is 0.407 e. The zero-order valence-electron chi connectivity index (χ0n) is 20.4. The SMILES string of the molecule is CNc1cc(-c2ccc3cc(C#N)cnn23)ncc1-c1nnc([C@H]2C[C@H](NC(=O)OC(C)(C)C)C2)s1. The van der Waals surface area contributed by atoms with E-state index >= 15 is 0 Å². The highest BCUT2D eigenvalue weighted by Gasteiger charge is 2.35. The Bertz CT molecular complexity index is 1470. The molecule has 0 atom stereocenters. The topological polar surface area (TPSA) is 130 Å². The summed E-state index contributed by atoms with van der Waals surface area (Å²) in [5.74, 6) is 0.262. The summed E-state index contributed by atoms with van der Waals surface area (Å²) in [5, 5.41) is 30.2. The van der Waals surface area contributed by atoms with Gasteiger partial charge in [-0.3, -0.25) is 4.98 Å². The van der Waals surface area contributed by atoms with Crippen LogP contribution in [0.15, 0.2) is 36.7 Å². The van der Waals surface area contributed by atoms with Crippen molar-refractivity contribution in [1.29, 1.82) is 5.26 Å². The summed E-state index contributed by atoms with van der Waals surface area (Å²) in [7, 11) is 1.86. The van der Waals surface area contributed by atoms with E-state index in [0.717, 1.165) is 51.0 Å². The Hall–Kier alpha value is -4.04. The molecule has 10 nitrogen and oxygen atoms in total. The van der Waals surface area contributed by atoms with Crippen LogP contribution in [0, 0.1) is 11.3 Å². The Kier molecular flexibility index (Phi) is 6.05. The molecule has 0 radical (unpaired) electrons. The lowest BCUT2D eigenvalue weighted by Crippen LogP contribution is -2.45. The van der Waals surface area contributed by atoms with Crippen LogP contribution in [0.1, 0.15) is 50.1 Å². The van der Waals surface area contributed by atoms with Crippen LogP contribution in [-0.2, 0) is 4.74 Å². The van der Waals surface area contributed by atoms with Gasteiger partial charge in [0.15, 0.2) is 5.01 Å².